The summed E-state index contributed by atoms with van der Waals surface area (Å²) in [5.74, 6) is 0.333. The van der Waals surface area contributed by atoms with Gasteiger partial charge in [-0.15, -0.1) is 0 Å². The second-order valence-electron chi connectivity index (χ2n) is 8.61. The fraction of sp³-hybridized carbons (Fsp3) is 0.231. The van der Waals surface area contributed by atoms with Crippen molar-refractivity contribution in [2.45, 2.75) is 18.9 Å². The SMILES string of the molecule is C[C@H](Oc1ccc(C#N)cn1)[C@H]1CN(C(=O)c2ccc3nc[nH]c3c2)C[C@@H]1c1ccc(Cl)c(Cl)c1. The molecule has 9 heteroatoms. The van der Waals surface area contributed by atoms with Gasteiger partial charge in [-0.25, -0.2) is 9.97 Å². The number of carbonyl (C=O) groups is 1. The third kappa shape index (κ3) is 4.68. The molecule has 2 aromatic heterocycles. The topological polar surface area (TPSA) is 94.9 Å². The summed E-state index contributed by atoms with van der Waals surface area (Å²) >= 11 is 12.5. The van der Waals surface area contributed by atoms with Gasteiger partial charge in [-0.2, -0.15) is 5.26 Å². The Balaban J connectivity index is 1.42. The molecule has 1 N–H and O–H groups in total. The van der Waals surface area contributed by atoms with Crippen LogP contribution in [0, 0.1) is 17.2 Å². The molecule has 1 saturated heterocycles. The van der Waals surface area contributed by atoms with Gasteiger partial charge >= 0.3 is 0 Å². The van der Waals surface area contributed by atoms with Crippen molar-refractivity contribution in [3.8, 4) is 11.9 Å². The molecule has 3 heterocycles. The van der Waals surface area contributed by atoms with Gasteiger partial charge in [0.1, 0.15) is 12.2 Å². The zero-order chi connectivity index (χ0) is 24.5. The van der Waals surface area contributed by atoms with E-state index in [-0.39, 0.29) is 23.8 Å². The molecule has 0 saturated carbocycles. The van der Waals surface area contributed by atoms with E-state index in [4.69, 9.17) is 33.2 Å². The van der Waals surface area contributed by atoms with E-state index in [1.807, 2.05) is 36.1 Å². The summed E-state index contributed by atoms with van der Waals surface area (Å²) in [4.78, 5) is 26.8. The highest BCUT2D eigenvalue weighted by Gasteiger charge is 2.40. The van der Waals surface area contributed by atoms with Gasteiger partial charge in [0.25, 0.3) is 5.91 Å². The molecule has 0 bridgehead atoms. The Bertz CT molecular complexity index is 1430. The quantitative estimate of drug-likeness (QED) is 0.388. The number of aromatic amines is 1. The maximum atomic E-state index is 13.5. The first-order chi connectivity index (χ1) is 16.9. The molecule has 0 aliphatic carbocycles. The summed E-state index contributed by atoms with van der Waals surface area (Å²) < 4.78 is 6.15. The van der Waals surface area contributed by atoms with E-state index in [9.17, 15) is 4.79 Å². The smallest absolute Gasteiger partial charge is 0.253 e. The van der Waals surface area contributed by atoms with Crippen LogP contribution in [0.4, 0.5) is 0 Å². The summed E-state index contributed by atoms with van der Waals surface area (Å²) in [6.45, 7) is 2.99. The zero-order valence-electron chi connectivity index (χ0n) is 18.8. The lowest BCUT2D eigenvalue weighted by atomic mass is 9.86. The molecular weight excluding hydrogens is 485 g/mol. The first-order valence-corrected chi connectivity index (χ1v) is 11.9. The van der Waals surface area contributed by atoms with Crippen LogP contribution in [0.15, 0.2) is 61.1 Å². The summed E-state index contributed by atoms with van der Waals surface area (Å²) in [7, 11) is 0. The molecule has 1 amide bonds. The highest BCUT2D eigenvalue weighted by atomic mass is 35.5. The number of nitrogens with one attached hydrogen (secondary N) is 1. The Morgan fingerprint density at radius 3 is 2.74 bits per heavy atom. The van der Waals surface area contributed by atoms with E-state index in [2.05, 4.69) is 21.0 Å². The van der Waals surface area contributed by atoms with Crippen molar-refractivity contribution in [2.75, 3.05) is 13.1 Å². The lowest BCUT2D eigenvalue weighted by Crippen LogP contribution is -2.32. The molecule has 0 radical (unpaired) electrons. The number of carbonyl (C=O) groups excluding carboxylic acids is 1. The van der Waals surface area contributed by atoms with Gasteiger partial charge in [0.15, 0.2) is 0 Å². The van der Waals surface area contributed by atoms with Crippen LogP contribution in [-0.4, -0.2) is 45.0 Å². The van der Waals surface area contributed by atoms with Crippen LogP contribution in [0.1, 0.15) is 34.3 Å². The van der Waals surface area contributed by atoms with Gasteiger partial charge in [-0.05, 0) is 48.9 Å². The van der Waals surface area contributed by atoms with E-state index in [0.29, 0.717) is 40.1 Å². The average molecular weight is 506 g/mol. The number of nitriles is 1. The number of fused-ring (bicyclic) bond motifs is 1. The van der Waals surface area contributed by atoms with Crippen molar-refractivity contribution in [3.63, 3.8) is 0 Å². The molecule has 35 heavy (non-hydrogen) atoms. The van der Waals surface area contributed by atoms with Crippen LogP contribution < -0.4 is 4.74 Å². The molecule has 3 atom stereocenters. The van der Waals surface area contributed by atoms with Gasteiger partial charge in [0.2, 0.25) is 5.88 Å². The van der Waals surface area contributed by atoms with Crippen molar-refractivity contribution in [1.29, 1.82) is 5.26 Å². The van der Waals surface area contributed by atoms with Crippen LogP contribution in [0.5, 0.6) is 5.88 Å². The Morgan fingerprint density at radius 2 is 2.00 bits per heavy atom. The monoisotopic (exact) mass is 505 g/mol. The van der Waals surface area contributed by atoms with Crippen LogP contribution in [0.3, 0.4) is 0 Å². The first-order valence-electron chi connectivity index (χ1n) is 11.1. The molecule has 176 valence electrons. The van der Waals surface area contributed by atoms with E-state index in [1.165, 1.54) is 6.20 Å². The zero-order valence-corrected chi connectivity index (χ0v) is 20.3. The minimum atomic E-state index is -0.261. The molecular formula is C26H21Cl2N5O2. The predicted octanol–water partition coefficient (Wildman–Crippen LogP) is 5.46. The van der Waals surface area contributed by atoms with E-state index in [0.717, 1.165) is 16.6 Å². The summed E-state index contributed by atoms with van der Waals surface area (Å²) in [6, 6.07) is 16.5. The third-order valence-corrected chi connectivity index (χ3v) is 7.21. The van der Waals surface area contributed by atoms with Crippen molar-refractivity contribution < 1.29 is 9.53 Å². The van der Waals surface area contributed by atoms with Gasteiger partial charge < -0.3 is 14.6 Å². The fourth-order valence-corrected chi connectivity index (χ4v) is 4.92. The number of ether oxygens (including phenoxy) is 1. The van der Waals surface area contributed by atoms with Crippen LogP contribution in [0.25, 0.3) is 11.0 Å². The van der Waals surface area contributed by atoms with Gasteiger partial charge in [-0.1, -0.05) is 29.3 Å². The van der Waals surface area contributed by atoms with Crippen LogP contribution in [0.2, 0.25) is 10.0 Å². The lowest BCUT2D eigenvalue weighted by molar-refractivity contribution is 0.0770. The summed E-state index contributed by atoms with van der Waals surface area (Å²) in [5.41, 5.74) is 3.68. The minimum Gasteiger partial charge on any atom is -0.474 e. The number of hydrogen-bond acceptors (Lipinski definition) is 5. The number of H-pyrrole nitrogens is 1. The molecule has 5 rings (SSSR count). The minimum absolute atomic E-state index is 0.0158. The first kappa shape index (κ1) is 23.2. The van der Waals surface area contributed by atoms with Crippen LogP contribution >= 0.6 is 23.2 Å². The van der Waals surface area contributed by atoms with Crippen molar-refractivity contribution in [2.24, 2.45) is 5.92 Å². The van der Waals surface area contributed by atoms with E-state index in [1.54, 1.807) is 30.6 Å². The second kappa shape index (κ2) is 9.57. The number of imidazole rings is 1. The maximum absolute atomic E-state index is 13.5. The molecule has 1 aliphatic heterocycles. The maximum Gasteiger partial charge on any atom is 0.253 e. The molecule has 4 aromatic rings. The number of rotatable bonds is 5. The Kier molecular flexibility index (Phi) is 6.33. The van der Waals surface area contributed by atoms with E-state index < -0.39 is 0 Å². The van der Waals surface area contributed by atoms with Crippen molar-refractivity contribution in [3.05, 3.63) is 87.8 Å². The van der Waals surface area contributed by atoms with E-state index >= 15 is 0 Å². The average Bonchev–Trinajstić information content (AvgIpc) is 3.53. The number of halogens is 2. The Morgan fingerprint density at radius 1 is 1.14 bits per heavy atom. The van der Waals surface area contributed by atoms with Gasteiger partial charge in [-0.3, -0.25) is 4.79 Å². The van der Waals surface area contributed by atoms with Gasteiger partial charge in [0, 0.05) is 42.8 Å². The summed E-state index contributed by atoms with van der Waals surface area (Å²) in [5, 5.41) is 9.97. The summed E-state index contributed by atoms with van der Waals surface area (Å²) in [6.07, 6.45) is 2.83. The number of benzene rings is 2. The predicted molar refractivity (Wildman–Crippen MR) is 134 cm³/mol. The number of likely N-dealkylation sites (tertiary alicyclic amines) is 1. The molecule has 7 nitrogen and oxygen atoms in total. The Labute approximate surface area is 212 Å². The van der Waals surface area contributed by atoms with Crippen molar-refractivity contribution >= 4 is 40.1 Å². The fourth-order valence-electron chi connectivity index (χ4n) is 4.61. The number of pyridine rings is 1. The number of amides is 1. The third-order valence-electron chi connectivity index (χ3n) is 6.47. The highest BCUT2D eigenvalue weighted by molar-refractivity contribution is 6.42. The van der Waals surface area contributed by atoms with Crippen LogP contribution in [-0.2, 0) is 0 Å². The van der Waals surface area contributed by atoms with Crippen molar-refractivity contribution in [1.82, 2.24) is 19.9 Å². The molecule has 2 aromatic carbocycles. The lowest BCUT2D eigenvalue weighted by Gasteiger charge is -2.25. The second-order valence-corrected chi connectivity index (χ2v) is 9.42. The molecule has 0 spiro atoms. The molecule has 1 fully saturated rings. The van der Waals surface area contributed by atoms with Gasteiger partial charge in [0.05, 0.1) is 33.0 Å². The molecule has 1 aliphatic rings. The Hall–Kier alpha value is -3.60. The molecule has 0 unspecified atom stereocenters. The largest absolute Gasteiger partial charge is 0.474 e. The number of hydrogen-bond donors (Lipinski definition) is 1. The highest BCUT2D eigenvalue weighted by Crippen LogP contribution is 2.38. The number of nitrogens with zero attached hydrogens (tertiary/aromatic N) is 4. The normalized spacial score (nSPS) is 18.4. The standard InChI is InChI=1S/C26H21Cl2N5O2/c1-15(35-25-7-2-16(10-29)11-30-25)19-12-33(13-20(19)17-3-5-21(27)22(28)8-17)26(34)18-4-6-23-24(9-18)32-14-31-23/h2-9,11,14-15,19-20H,12-13H2,1H3,(H,31,32)/t15-,19+,20+/m0/s1. The number of aromatic nitrogens is 3.